The van der Waals surface area contributed by atoms with Crippen LogP contribution in [0.4, 0.5) is 8.78 Å². The van der Waals surface area contributed by atoms with Crippen molar-refractivity contribution >= 4 is 12.4 Å². The molecule has 0 spiro atoms. The fourth-order valence-electron chi connectivity index (χ4n) is 3.21. The SMILES string of the molecule is Cl.Fc1ccc(F)c([C@@H](C2CCC2)N2CCNCC2)c1. The van der Waals surface area contributed by atoms with Crippen molar-refractivity contribution in [2.24, 2.45) is 5.92 Å². The maximum atomic E-state index is 14.1. The monoisotopic (exact) mass is 302 g/mol. The lowest BCUT2D eigenvalue weighted by Crippen LogP contribution is -2.48. The third-order valence-electron chi connectivity index (χ3n) is 4.42. The molecule has 1 aromatic rings. The summed E-state index contributed by atoms with van der Waals surface area (Å²) in [5, 5.41) is 3.31. The Labute approximate surface area is 124 Å². The molecule has 1 aromatic carbocycles. The van der Waals surface area contributed by atoms with Crippen molar-refractivity contribution < 1.29 is 8.78 Å². The molecular weight excluding hydrogens is 282 g/mol. The molecule has 112 valence electrons. The van der Waals surface area contributed by atoms with E-state index in [4.69, 9.17) is 0 Å². The molecule has 1 saturated heterocycles. The molecule has 0 aromatic heterocycles. The summed E-state index contributed by atoms with van der Waals surface area (Å²) in [4.78, 5) is 2.32. The van der Waals surface area contributed by atoms with Gasteiger partial charge < -0.3 is 5.32 Å². The van der Waals surface area contributed by atoms with Crippen molar-refractivity contribution in [3.63, 3.8) is 0 Å². The standard InChI is InChI=1S/C15H20F2N2.ClH/c16-12-4-5-14(17)13(10-12)15(11-2-1-3-11)19-8-6-18-7-9-19;/h4-5,10-11,15,18H,1-3,6-9H2;1H/t15-;/m1./s1. The fourth-order valence-corrected chi connectivity index (χ4v) is 3.21. The Hall–Kier alpha value is -0.710. The summed E-state index contributed by atoms with van der Waals surface area (Å²) >= 11 is 0. The van der Waals surface area contributed by atoms with E-state index >= 15 is 0 Å². The molecule has 2 nitrogen and oxygen atoms in total. The number of halogens is 3. The lowest BCUT2D eigenvalue weighted by Gasteiger charge is -2.43. The highest BCUT2D eigenvalue weighted by molar-refractivity contribution is 5.85. The second-order valence-electron chi connectivity index (χ2n) is 5.59. The van der Waals surface area contributed by atoms with Gasteiger partial charge in [0.15, 0.2) is 0 Å². The Morgan fingerprint density at radius 1 is 1.15 bits per heavy atom. The Kier molecular flexibility index (Phi) is 5.35. The molecule has 3 rings (SSSR count). The van der Waals surface area contributed by atoms with E-state index in [0.29, 0.717) is 11.5 Å². The van der Waals surface area contributed by atoms with Gasteiger partial charge in [-0.15, -0.1) is 12.4 Å². The molecule has 2 fully saturated rings. The van der Waals surface area contributed by atoms with E-state index in [0.717, 1.165) is 39.0 Å². The molecule has 1 aliphatic carbocycles. The summed E-state index contributed by atoms with van der Waals surface area (Å²) in [6.45, 7) is 3.69. The third kappa shape index (κ3) is 3.13. The summed E-state index contributed by atoms with van der Waals surface area (Å²) < 4.78 is 27.5. The number of nitrogens with one attached hydrogen (secondary N) is 1. The van der Waals surface area contributed by atoms with Gasteiger partial charge in [-0.25, -0.2) is 8.78 Å². The molecule has 1 atom stereocenters. The average molecular weight is 303 g/mol. The van der Waals surface area contributed by atoms with E-state index in [1.165, 1.54) is 24.6 Å². The quantitative estimate of drug-likeness (QED) is 0.923. The van der Waals surface area contributed by atoms with Gasteiger partial charge in [-0.1, -0.05) is 6.42 Å². The van der Waals surface area contributed by atoms with Gasteiger partial charge in [0.1, 0.15) is 11.6 Å². The van der Waals surface area contributed by atoms with E-state index in [9.17, 15) is 8.78 Å². The van der Waals surface area contributed by atoms with Crippen LogP contribution < -0.4 is 5.32 Å². The summed E-state index contributed by atoms with van der Waals surface area (Å²) in [5.41, 5.74) is 0.548. The first-order valence-electron chi connectivity index (χ1n) is 7.15. The van der Waals surface area contributed by atoms with Crippen LogP contribution in [0.1, 0.15) is 30.9 Å². The first-order valence-corrected chi connectivity index (χ1v) is 7.15. The molecule has 0 unspecified atom stereocenters. The van der Waals surface area contributed by atoms with Gasteiger partial charge in [0.2, 0.25) is 0 Å². The van der Waals surface area contributed by atoms with Crippen LogP contribution in [0.25, 0.3) is 0 Å². The van der Waals surface area contributed by atoms with Gasteiger partial charge in [-0.2, -0.15) is 0 Å². The van der Waals surface area contributed by atoms with Crippen molar-refractivity contribution in [3.05, 3.63) is 35.4 Å². The van der Waals surface area contributed by atoms with Crippen LogP contribution in [-0.2, 0) is 0 Å². The molecule has 1 aliphatic heterocycles. The van der Waals surface area contributed by atoms with Gasteiger partial charge in [-0.3, -0.25) is 4.90 Å². The van der Waals surface area contributed by atoms with Gasteiger partial charge in [0, 0.05) is 37.8 Å². The number of hydrogen-bond donors (Lipinski definition) is 1. The van der Waals surface area contributed by atoms with E-state index in [1.54, 1.807) is 0 Å². The number of rotatable bonds is 3. The van der Waals surface area contributed by atoms with Gasteiger partial charge in [-0.05, 0) is 37.0 Å². The number of benzene rings is 1. The first-order chi connectivity index (χ1) is 9.25. The molecule has 1 heterocycles. The lowest BCUT2D eigenvalue weighted by atomic mass is 9.76. The summed E-state index contributed by atoms with van der Waals surface area (Å²) in [6.07, 6.45) is 3.47. The third-order valence-corrected chi connectivity index (χ3v) is 4.42. The molecule has 1 N–H and O–H groups in total. The average Bonchev–Trinajstić information content (AvgIpc) is 2.38. The van der Waals surface area contributed by atoms with Crippen molar-refractivity contribution in [2.45, 2.75) is 25.3 Å². The highest BCUT2D eigenvalue weighted by atomic mass is 35.5. The Balaban J connectivity index is 0.00000147. The smallest absolute Gasteiger partial charge is 0.128 e. The first kappa shape index (κ1) is 15.7. The van der Waals surface area contributed by atoms with Crippen LogP contribution in [-0.4, -0.2) is 31.1 Å². The Morgan fingerprint density at radius 3 is 2.45 bits per heavy atom. The summed E-state index contributed by atoms with van der Waals surface area (Å²) in [6, 6.07) is 3.90. The van der Waals surface area contributed by atoms with Crippen molar-refractivity contribution in [1.82, 2.24) is 10.2 Å². The maximum Gasteiger partial charge on any atom is 0.128 e. The Morgan fingerprint density at radius 2 is 1.85 bits per heavy atom. The highest BCUT2D eigenvalue weighted by Crippen LogP contribution is 2.42. The maximum absolute atomic E-state index is 14.1. The molecule has 2 aliphatic rings. The van der Waals surface area contributed by atoms with Gasteiger partial charge in [0.05, 0.1) is 0 Å². The van der Waals surface area contributed by atoms with Crippen LogP contribution in [0.2, 0.25) is 0 Å². The van der Waals surface area contributed by atoms with E-state index in [-0.39, 0.29) is 30.1 Å². The van der Waals surface area contributed by atoms with E-state index < -0.39 is 0 Å². The van der Waals surface area contributed by atoms with Crippen LogP contribution in [0.15, 0.2) is 18.2 Å². The molecule has 1 saturated carbocycles. The molecule has 5 heteroatoms. The fraction of sp³-hybridized carbons (Fsp3) is 0.600. The van der Waals surface area contributed by atoms with Crippen molar-refractivity contribution in [3.8, 4) is 0 Å². The van der Waals surface area contributed by atoms with Gasteiger partial charge in [0.25, 0.3) is 0 Å². The highest BCUT2D eigenvalue weighted by Gasteiger charge is 2.35. The molecular formula is C15H21ClF2N2. The number of piperazine rings is 1. The van der Waals surface area contributed by atoms with Crippen LogP contribution in [0.3, 0.4) is 0 Å². The van der Waals surface area contributed by atoms with Crippen molar-refractivity contribution in [1.29, 1.82) is 0 Å². The molecule has 0 amide bonds. The minimum absolute atomic E-state index is 0. The second kappa shape index (κ2) is 6.83. The van der Waals surface area contributed by atoms with Crippen LogP contribution in [0.5, 0.6) is 0 Å². The summed E-state index contributed by atoms with van der Waals surface area (Å²) in [7, 11) is 0. The predicted molar refractivity (Wildman–Crippen MR) is 78.1 cm³/mol. The van der Waals surface area contributed by atoms with E-state index in [2.05, 4.69) is 10.2 Å². The largest absolute Gasteiger partial charge is 0.314 e. The molecule has 20 heavy (non-hydrogen) atoms. The van der Waals surface area contributed by atoms with Gasteiger partial charge >= 0.3 is 0 Å². The van der Waals surface area contributed by atoms with Crippen molar-refractivity contribution in [2.75, 3.05) is 26.2 Å². The number of nitrogens with zero attached hydrogens (tertiary/aromatic N) is 1. The second-order valence-corrected chi connectivity index (χ2v) is 5.59. The molecule has 0 radical (unpaired) electrons. The Bertz CT molecular complexity index is 445. The molecule has 0 bridgehead atoms. The number of hydrogen-bond acceptors (Lipinski definition) is 2. The van der Waals surface area contributed by atoms with Crippen LogP contribution in [0, 0.1) is 17.6 Å². The minimum atomic E-state index is -0.337. The normalized spacial score (nSPS) is 21.9. The predicted octanol–water partition coefficient (Wildman–Crippen LogP) is 3.13. The zero-order valence-electron chi connectivity index (χ0n) is 11.4. The van der Waals surface area contributed by atoms with E-state index in [1.807, 2.05) is 0 Å². The topological polar surface area (TPSA) is 15.3 Å². The van der Waals surface area contributed by atoms with Crippen LogP contribution >= 0.6 is 12.4 Å². The zero-order valence-corrected chi connectivity index (χ0v) is 12.3. The lowest BCUT2D eigenvalue weighted by molar-refractivity contribution is 0.0809. The minimum Gasteiger partial charge on any atom is -0.314 e. The zero-order chi connectivity index (χ0) is 13.2. The summed E-state index contributed by atoms with van der Waals surface area (Å²) in [5.74, 6) is -0.123.